The monoisotopic (exact) mass is 1740 g/mol. The number of hydrogen-bond acceptors (Lipinski definition) is 12. The van der Waals surface area contributed by atoms with Crippen LogP contribution in [0.1, 0.15) is 129 Å². The van der Waals surface area contributed by atoms with Crippen LogP contribution in [0.25, 0.3) is 193 Å². The molecule has 0 unspecified atom stereocenters. The van der Waals surface area contributed by atoms with Gasteiger partial charge < -0.3 is 38.9 Å². The molecule has 23 rings (SSSR count). The number of nitrogens with one attached hydrogen (secondary N) is 4. The third-order valence-corrected chi connectivity index (χ3v) is 27.8. The third-order valence-electron chi connectivity index (χ3n) is 25.8. The molecule has 2 atom stereocenters. The maximum Gasteiger partial charge on any atom is 0.230 e. The van der Waals surface area contributed by atoms with E-state index in [9.17, 15) is 0 Å². The molecule has 7 aliphatic rings. The zero-order chi connectivity index (χ0) is 88.2. The topological polar surface area (TPSA) is 176 Å². The van der Waals surface area contributed by atoms with Gasteiger partial charge in [0.15, 0.2) is 0 Å². The van der Waals surface area contributed by atoms with Crippen molar-refractivity contribution >= 4 is 138 Å². The van der Waals surface area contributed by atoms with Crippen molar-refractivity contribution in [3.8, 4) is 101 Å². The number of aliphatic imine (C=N–C) groups is 2. The third kappa shape index (κ3) is 15.3. The smallest absolute Gasteiger partial charge is 0.230 e. The Morgan fingerprint density at radius 1 is 0.267 bits per heavy atom. The molecule has 16 bridgehead atoms. The summed E-state index contributed by atoms with van der Waals surface area (Å²) in [6.45, 7) is 17.7. The van der Waals surface area contributed by atoms with E-state index < -0.39 is 12.5 Å². The lowest BCUT2D eigenvalue weighted by atomic mass is 9.97. The number of rotatable bonds is 16. The minimum Gasteiger partial charge on any atom is -0.471 e. The second-order valence-corrected chi connectivity index (χ2v) is 37.4. The molecule has 0 saturated heterocycles. The lowest BCUT2D eigenvalue weighted by Gasteiger charge is -2.11. The molecule has 0 radical (unpaired) electrons. The fourth-order valence-electron chi connectivity index (χ4n) is 19.1. The summed E-state index contributed by atoms with van der Waals surface area (Å²) in [6.07, 6.45) is 19.1. The molecule has 0 spiro atoms. The van der Waals surface area contributed by atoms with Crippen LogP contribution >= 0.6 is 22.7 Å². The number of ether oxygens (including phenoxy) is 4. The van der Waals surface area contributed by atoms with E-state index in [0.717, 1.165) is 208 Å². The summed E-state index contributed by atoms with van der Waals surface area (Å²) in [5.41, 5.74) is 42.8. The molecule has 8 aromatic carbocycles. The molecule has 8 aromatic heterocycles. The Balaban J connectivity index is 0.522. The van der Waals surface area contributed by atoms with Crippen LogP contribution in [0, 0.1) is 55.4 Å². The van der Waals surface area contributed by atoms with Crippen molar-refractivity contribution in [2.24, 2.45) is 9.98 Å². The van der Waals surface area contributed by atoms with E-state index in [-0.39, 0.29) is 13.2 Å². The molecular weight excluding hydrogens is 1650 g/mol. The van der Waals surface area contributed by atoms with E-state index >= 15 is 0 Å². The van der Waals surface area contributed by atoms with Crippen LogP contribution in [0.2, 0.25) is 0 Å². The second-order valence-electron chi connectivity index (χ2n) is 34.9. The summed E-state index contributed by atoms with van der Waals surface area (Å²) in [5.74, 6) is 2.54. The molecule has 1 aliphatic carbocycles. The number of nitrogens with zero attached hydrogens (tertiary/aromatic N) is 6. The summed E-state index contributed by atoms with van der Waals surface area (Å²) in [6, 6.07) is 90.8. The fourth-order valence-corrected chi connectivity index (χ4v) is 21.1. The molecule has 0 amide bonds. The number of aromatic amines is 4. The van der Waals surface area contributed by atoms with Crippen molar-refractivity contribution in [2.75, 3.05) is 13.2 Å². The minimum absolute atomic E-state index is 0.284. The number of hydrogen-bond donors (Lipinski definition) is 4. The minimum atomic E-state index is -0.550. The van der Waals surface area contributed by atoms with Crippen LogP contribution < -0.4 is 9.47 Å². The van der Waals surface area contributed by atoms with Gasteiger partial charge in [-0.1, -0.05) is 203 Å². The number of thiophene rings is 2. The first-order valence-electron chi connectivity index (χ1n) is 44.7. The average molecular weight is 1740 g/mol. The average Bonchev–Trinajstić information content (AvgIpc) is 1.62. The molecule has 0 fully saturated rings. The zero-order valence-corrected chi connectivity index (χ0v) is 75.3. The molecule has 0 saturated carbocycles. The number of benzene rings is 8. The van der Waals surface area contributed by atoms with E-state index in [1.165, 1.54) is 65.4 Å². The van der Waals surface area contributed by atoms with Gasteiger partial charge in [-0.25, -0.2) is 29.9 Å². The molecule has 16 heteroatoms. The van der Waals surface area contributed by atoms with E-state index in [4.69, 9.17) is 48.9 Å². The Morgan fingerprint density at radius 2 is 0.473 bits per heavy atom. The van der Waals surface area contributed by atoms with Gasteiger partial charge in [0.25, 0.3) is 0 Å². The number of H-pyrrole nitrogens is 4. The molecule has 14 nitrogen and oxygen atoms in total. The van der Waals surface area contributed by atoms with Crippen LogP contribution in [0.4, 0.5) is 0 Å². The Morgan fingerprint density at radius 3 is 0.687 bits per heavy atom. The number of allylic oxidation sites excluding steroid dienone is 2. The standard InChI is InChI=1S/C115H90N10O4S2/c1-64-12-24-72(25-13-64)106-86-44-48-90(116-86)108(74-28-16-66(3)17-29-74)94-52-56-98(120-94)112(99-57-53-95(121-99)109(91-49-45-87(106)117-91)75-30-18-67(4)19-31-75)78-36-40-80(41-37-78)128-104-62-126-114(124-104)102-60-84(70(7)130-102)82-10-9-11-83(82)85-61-103(131-71(85)8)115-125-105(63-127-115)129-81-42-38-79(39-43-81)113-100-58-54-96(122-100)110(76-32-20-68(5)21-33-76)92-50-46-88(118-92)107(73-26-14-65(2)15-27-73)89-47-51-93(119-89)111(97-55-59-101(113)123-97)77-34-22-69(6)23-35-77/h12-61,104-105,116,118,121,123H,9-11,62-63H2,1-8H3/t104-,105-/m1/s1. The second kappa shape index (κ2) is 33.1. The van der Waals surface area contributed by atoms with E-state index in [2.05, 4.69) is 354 Å². The van der Waals surface area contributed by atoms with Crippen LogP contribution in [0.5, 0.6) is 11.5 Å². The van der Waals surface area contributed by atoms with Gasteiger partial charge >= 0.3 is 0 Å². The molecule has 6 aliphatic heterocycles. The van der Waals surface area contributed by atoms with Crippen LogP contribution in [0.3, 0.4) is 0 Å². The molecule has 14 heterocycles. The predicted octanol–water partition coefficient (Wildman–Crippen LogP) is 29.0. The highest BCUT2D eigenvalue weighted by Gasteiger charge is 2.32. The van der Waals surface area contributed by atoms with Crippen molar-refractivity contribution < 1.29 is 18.9 Å². The number of aryl methyl sites for hydroxylation is 8. The van der Waals surface area contributed by atoms with Crippen molar-refractivity contribution in [1.82, 2.24) is 39.9 Å². The number of aromatic nitrogens is 8. The highest BCUT2D eigenvalue weighted by molar-refractivity contribution is 7.14. The zero-order valence-electron chi connectivity index (χ0n) is 73.7. The van der Waals surface area contributed by atoms with Gasteiger partial charge in [-0.05, 0) is 275 Å². The molecule has 131 heavy (non-hydrogen) atoms. The summed E-state index contributed by atoms with van der Waals surface area (Å²) in [7, 11) is 0. The Hall–Kier alpha value is -15.4. The number of fused-ring (bicyclic) bond motifs is 16. The van der Waals surface area contributed by atoms with Crippen molar-refractivity contribution in [1.29, 1.82) is 0 Å². The van der Waals surface area contributed by atoms with Gasteiger partial charge in [0.1, 0.15) is 24.7 Å². The van der Waals surface area contributed by atoms with Crippen molar-refractivity contribution in [3.63, 3.8) is 0 Å². The van der Waals surface area contributed by atoms with Gasteiger partial charge in [-0.3, -0.25) is 0 Å². The van der Waals surface area contributed by atoms with Gasteiger partial charge in [0.05, 0.1) is 55.3 Å². The molecular formula is C115H90N10O4S2. The SMILES string of the molecule is Cc1ccc(-c2c3nc(c(-c4ccc(C)cc4)c4ccc([nH]4)c(-c4ccc(O[C@@H]5COC(c6cc(C7=C(c8cc(C9=N[C@H](Oc%10ccc(-c%11c%12nc(c(-c%13ccc(C)cc%13)c%13ccc([nH]%13)c(-c%13ccc(C)cc%13)c%13nc(c(-c%14ccc(C)cc%14)c%14ccc%11[nH]%14)C=C%13)C=C%12)cc%10)CO9)sc8C)CCC7)c(C)s6)=N5)cc4)c4nc(c(-c5ccc(C)cc5)c5ccc2[nH]5)C=C4)C=C3)cc1. The Kier molecular flexibility index (Phi) is 20.2. The first-order valence-corrected chi connectivity index (χ1v) is 46.4. The van der Waals surface area contributed by atoms with Crippen LogP contribution in [0.15, 0.2) is 265 Å². The quantitative estimate of drug-likeness (QED) is 0.0739. The Bertz CT molecular complexity index is 7410. The van der Waals surface area contributed by atoms with Crippen LogP contribution in [-0.4, -0.2) is 77.3 Å². The van der Waals surface area contributed by atoms with E-state index in [1.54, 1.807) is 22.7 Å². The lowest BCUT2D eigenvalue weighted by Crippen LogP contribution is -2.14. The summed E-state index contributed by atoms with van der Waals surface area (Å²) in [4.78, 5) is 52.5. The fraction of sp³-hybridized carbons (Fsp3) is 0.130. The molecule has 16 aromatic rings. The van der Waals surface area contributed by atoms with E-state index in [1.807, 2.05) is 24.3 Å². The van der Waals surface area contributed by atoms with Crippen molar-refractivity contribution in [2.45, 2.75) is 87.1 Å². The normalized spacial score (nSPS) is 14.9. The summed E-state index contributed by atoms with van der Waals surface area (Å²) in [5, 5.41) is 0. The largest absolute Gasteiger partial charge is 0.471 e. The van der Waals surface area contributed by atoms with Crippen LogP contribution in [-0.2, 0) is 9.47 Å². The highest BCUT2D eigenvalue weighted by atomic mass is 32.1. The Labute approximate surface area is 767 Å². The van der Waals surface area contributed by atoms with Gasteiger partial charge in [0.2, 0.25) is 24.3 Å². The van der Waals surface area contributed by atoms with Gasteiger partial charge in [0, 0.05) is 98.4 Å². The van der Waals surface area contributed by atoms with Gasteiger partial charge in [-0.2, -0.15) is 0 Å². The summed E-state index contributed by atoms with van der Waals surface area (Å²) < 4.78 is 26.3. The highest BCUT2D eigenvalue weighted by Crippen LogP contribution is 2.48. The maximum atomic E-state index is 6.71. The summed E-state index contributed by atoms with van der Waals surface area (Å²) >= 11 is 3.43. The molecule has 4 N–H and O–H groups in total. The maximum absolute atomic E-state index is 6.71. The lowest BCUT2D eigenvalue weighted by molar-refractivity contribution is 0.161. The molecule has 636 valence electrons. The van der Waals surface area contributed by atoms with E-state index in [0.29, 0.717) is 23.3 Å². The predicted molar refractivity (Wildman–Crippen MR) is 542 cm³/mol. The van der Waals surface area contributed by atoms with Gasteiger partial charge in [-0.15, -0.1) is 22.7 Å². The van der Waals surface area contributed by atoms with Crippen molar-refractivity contribution in [3.05, 3.63) is 364 Å². The first-order chi connectivity index (χ1) is 64.1. The first kappa shape index (κ1) is 80.2.